The molecule has 3 atom stereocenters. The van der Waals surface area contributed by atoms with Gasteiger partial charge in [-0.15, -0.1) is 0 Å². The largest absolute Gasteiger partial charge is 0.353 e. The average molecular weight is 168 g/mol. The third kappa shape index (κ3) is 1.46. The number of carbonyl (C=O) groups excluding carboxylic acids is 1. The fourth-order valence-corrected chi connectivity index (χ4v) is 2.34. The maximum Gasteiger partial charge on any atom is 0.217 e. The molecule has 1 saturated carbocycles. The fraction of sp³-hybridized carbons (Fsp3) is 0.889. The summed E-state index contributed by atoms with van der Waals surface area (Å²) in [6.07, 6.45) is 2.46. The molecule has 1 heterocycles. The number of hydrogen-bond acceptors (Lipinski definition) is 2. The van der Waals surface area contributed by atoms with E-state index in [-0.39, 0.29) is 5.91 Å². The van der Waals surface area contributed by atoms with Crippen molar-refractivity contribution >= 4 is 5.91 Å². The van der Waals surface area contributed by atoms with E-state index in [2.05, 4.69) is 10.6 Å². The van der Waals surface area contributed by atoms with Gasteiger partial charge in [0, 0.05) is 13.0 Å². The van der Waals surface area contributed by atoms with Crippen molar-refractivity contribution in [2.45, 2.75) is 25.8 Å². The molecule has 2 rings (SSSR count). The van der Waals surface area contributed by atoms with Gasteiger partial charge in [-0.1, -0.05) is 0 Å². The summed E-state index contributed by atoms with van der Waals surface area (Å²) >= 11 is 0. The zero-order valence-corrected chi connectivity index (χ0v) is 7.47. The van der Waals surface area contributed by atoms with E-state index in [1.54, 1.807) is 6.92 Å². The van der Waals surface area contributed by atoms with Gasteiger partial charge in [0.2, 0.25) is 5.91 Å². The normalized spacial score (nSPS) is 39.6. The van der Waals surface area contributed by atoms with Crippen molar-refractivity contribution in [2.75, 3.05) is 13.1 Å². The molecule has 1 aliphatic carbocycles. The van der Waals surface area contributed by atoms with Gasteiger partial charge >= 0.3 is 0 Å². The number of carbonyl (C=O) groups is 1. The van der Waals surface area contributed by atoms with Crippen molar-refractivity contribution in [3.05, 3.63) is 0 Å². The maximum absolute atomic E-state index is 10.8. The Hall–Kier alpha value is -0.570. The number of rotatable bonds is 1. The Labute approximate surface area is 72.9 Å². The molecule has 1 aliphatic heterocycles. The molecule has 0 aromatic heterocycles. The van der Waals surface area contributed by atoms with Crippen molar-refractivity contribution in [1.82, 2.24) is 10.6 Å². The first kappa shape index (κ1) is 8.05. The molecule has 0 spiro atoms. The summed E-state index contributed by atoms with van der Waals surface area (Å²) < 4.78 is 0. The zero-order chi connectivity index (χ0) is 8.55. The van der Waals surface area contributed by atoms with Gasteiger partial charge in [-0.25, -0.2) is 0 Å². The molecule has 0 unspecified atom stereocenters. The SMILES string of the molecule is CC(=O)N[C@@H]1[C@@H]2CCNCC[C@@H]21. The Bertz CT molecular complexity index is 181. The number of hydrogen-bond donors (Lipinski definition) is 2. The van der Waals surface area contributed by atoms with E-state index in [0.29, 0.717) is 6.04 Å². The van der Waals surface area contributed by atoms with Gasteiger partial charge in [-0.05, 0) is 37.8 Å². The molecule has 2 aliphatic rings. The van der Waals surface area contributed by atoms with Crippen molar-refractivity contribution in [3.8, 4) is 0 Å². The molecule has 68 valence electrons. The van der Waals surface area contributed by atoms with E-state index < -0.39 is 0 Å². The summed E-state index contributed by atoms with van der Waals surface area (Å²) in [7, 11) is 0. The minimum Gasteiger partial charge on any atom is -0.353 e. The number of amides is 1. The summed E-state index contributed by atoms with van der Waals surface area (Å²) in [5.41, 5.74) is 0. The molecule has 2 fully saturated rings. The van der Waals surface area contributed by atoms with Gasteiger partial charge in [-0.2, -0.15) is 0 Å². The van der Waals surface area contributed by atoms with E-state index >= 15 is 0 Å². The monoisotopic (exact) mass is 168 g/mol. The van der Waals surface area contributed by atoms with Gasteiger partial charge in [0.05, 0.1) is 0 Å². The van der Waals surface area contributed by atoms with E-state index in [1.807, 2.05) is 0 Å². The highest BCUT2D eigenvalue weighted by Gasteiger charge is 2.49. The van der Waals surface area contributed by atoms with Crippen LogP contribution in [0, 0.1) is 11.8 Å². The van der Waals surface area contributed by atoms with Crippen LogP contribution in [0.25, 0.3) is 0 Å². The van der Waals surface area contributed by atoms with Crippen molar-refractivity contribution in [3.63, 3.8) is 0 Å². The standard InChI is InChI=1S/C9H16N2O/c1-6(12)11-9-7-2-4-10-5-3-8(7)9/h7-10H,2-5H2,1H3,(H,11,12)/t7-,8+,9-. The number of fused-ring (bicyclic) bond motifs is 1. The van der Waals surface area contributed by atoms with Gasteiger partial charge in [0.25, 0.3) is 0 Å². The van der Waals surface area contributed by atoms with Crippen LogP contribution in [0.3, 0.4) is 0 Å². The first-order valence-corrected chi connectivity index (χ1v) is 4.77. The van der Waals surface area contributed by atoms with E-state index in [9.17, 15) is 4.79 Å². The van der Waals surface area contributed by atoms with Crippen LogP contribution in [0.15, 0.2) is 0 Å². The third-order valence-electron chi connectivity index (χ3n) is 3.01. The molecular weight excluding hydrogens is 152 g/mol. The first-order valence-electron chi connectivity index (χ1n) is 4.77. The van der Waals surface area contributed by atoms with Gasteiger partial charge in [-0.3, -0.25) is 4.79 Å². The molecule has 0 aromatic rings. The second kappa shape index (κ2) is 3.05. The topological polar surface area (TPSA) is 41.1 Å². The second-order valence-corrected chi connectivity index (χ2v) is 3.88. The quantitative estimate of drug-likeness (QED) is 0.584. The lowest BCUT2D eigenvalue weighted by Gasteiger charge is -2.04. The number of nitrogens with one attached hydrogen (secondary N) is 2. The van der Waals surface area contributed by atoms with E-state index in [1.165, 1.54) is 12.8 Å². The van der Waals surface area contributed by atoms with E-state index in [4.69, 9.17) is 0 Å². The van der Waals surface area contributed by atoms with Crippen LogP contribution in [-0.4, -0.2) is 25.0 Å². The molecule has 2 N–H and O–H groups in total. The van der Waals surface area contributed by atoms with Gasteiger partial charge in [0.15, 0.2) is 0 Å². The Kier molecular flexibility index (Phi) is 2.05. The highest BCUT2D eigenvalue weighted by molar-refractivity contribution is 5.73. The highest BCUT2D eigenvalue weighted by Crippen LogP contribution is 2.44. The van der Waals surface area contributed by atoms with Crippen LogP contribution in [0.1, 0.15) is 19.8 Å². The summed E-state index contributed by atoms with van der Waals surface area (Å²) in [6.45, 7) is 3.85. The smallest absolute Gasteiger partial charge is 0.217 e. The van der Waals surface area contributed by atoms with Crippen LogP contribution in [0.2, 0.25) is 0 Å². The molecule has 3 heteroatoms. The Morgan fingerprint density at radius 3 is 2.42 bits per heavy atom. The molecular formula is C9H16N2O. The van der Waals surface area contributed by atoms with Gasteiger partial charge < -0.3 is 10.6 Å². The third-order valence-corrected chi connectivity index (χ3v) is 3.01. The minimum absolute atomic E-state index is 0.126. The Balaban J connectivity index is 1.85. The molecule has 0 bridgehead atoms. The molecule has 0 radical (unpaired) electrons. The first-order chi connectivity index (χ1) is 5.79. The Morgan fingerprint density at radius 2 is 1.92 bits per heavy atom. The fourth-order valence-electron chi connectivity index (χ4n) is 2.34. The van der Waals surface area contributed by atoms with E-state index in [0.717, 1.165) is 24.9 Å². The van der Waals surface area contributed by atoms with Crippen LogP contribution in [-0.2, 0) is 4.79 Å². The van der Waals surface area contributed by atoms with Crippen molar-refractivity contribution in [1.29, 1.82) is 0 Å². The molecule has 3 nitrogen and oxygen atoms in total. The summed E-state index contributed by atoms with van der Waals surface area (Å²) in [5.74, 6) is 1.66. The zero-order valence-electron chi connectivity index (χ0n) is 7.47. The van der Waals surface area contributed by atoms with Crippen LogP contribution in [0.5, 0.6) is 0 Å². The predicted octanol–water partition coefficient (Wildman–Crippen LogP) is 0.120. The molecule has 1 amide bonds. The Morgan fingerprint density at radius 1 is 1.33 bits per heavy atom. The minimum atomic E-state index is 0.126. The summed E-state index contributed by atoms with van der Waals surface area (Å²) in [5, 5.41) is 6.39. The molecule has 12 heavy (non-hydrogen) atoms. The van der Waals surface area contributed by atoms with Crippen LogP contribution in [0.4, 0.5) is 0 Å². The summed E-state index contributed by atoms with van der Waals surface area (Å²) in [6, 6.07) is 0.504. The average Bonchev–Trinajstić information content (AvgIpc) is 2.66. The summed E-state index contributed by atoms with van der Waals surface area (Å²) in [4.78, 5) is 10.8. The van der Waals surface area contributed by atoms with Crippen LogP contribution >= 0.6 is 0 Å². The second-order valence-electron chi connectivity index (χ2n) is 3.88. The maximum atomic E-state index is 10.8. The lowest BCUT2D eigenvalue weighted by atomic mass is 10.2. The molecule has 1 saturated heterocycles. The lowest BCUT2D eigenvalue weighted by Crippen LogP contribution is -2.27. The van der Waals surface area contributed by atoms with Crippen molar-refractivity contribution in [2.24, 2.45) is 11.8 Å². The predicted molar refractivity (Wildman–Crippen MR) is 46.7 cm³/mol. The lowest BCUT2D eigenvalue weighted by molar-refractivity contribution is -0.119. The van der Waals surface area contributed by atoms with Crippen molar-refractivity contribution < 1.29 is 4.79 Å². The molecule has 0 aromatic carbocycles. The van der Waals surface area contributed by atoms with Crippen LogP contribution < -0.4 is 10.6 Å². The highest BCUT2D eigenvalue weighted by atomic mass is 16.1. The van der Waals surface area contributed by atoms with Gasteiger partial charge in [0.1, 0.15) is 0 Å².